The van der Waals surface area contributed by atoms with Crippen LogP contribution in [0.3, 0.4) is 0 Å². The SMILES string of the molecule is CC[C@@]1(O)C(=O)OCc2c1cc1n(c2=O)Cc2c-1nc1ccc(NC(=O)[C@H](C)NC(=O)[C@@H](NC(=O)[C@H](CCCCN)NC(=O)CCCC#Cc3cnc(S(C)(=O)=O)nc3)C(C)C)c3c1c2CCC3. The van der Waals surface area contributed by atoms with Crippen molar-refractivity contribution < 1.29 is 42.2 Å². The molecule has 360 valence electrons. The standard InChI is InChI=1S/C48H57N9O10S/c1-6-48(64)33-21-37-41-31(24-57(37)45(62)32(33)25-67-46(48)63)29-14-12-15-30-34(18-19-35(54-41)39(29)30)55-42(59)27(4)52-44(61)40(26(2)3)56-43(60)36(16-10-11-20-49)53-38(58)17-9-7-8-13-28-22-50-47(51-23-28)68(5,65)66/h18-19,21-23,26-27,36,40,64H,6-7,9-12,14-17,20,24-25,49H2,1-5H3,(H,52,61)(H,53,58)(H,55,59)(H,56,60)/t27-,36-,40-,48-/m0/s1. The highest BCUT2D eigenvalue weighted by atomic mass is 32.2. The lowest BCUT2D eigenvalue weighted by atomic mass is 9.85. The molecule has 1 aromatic carbocycles. The van der Waals surface area contributed by atoms with Gasteiger partial charge in [-0.1, -0.05) is 32.6 Å². The maximum absolute atomic E-state index is 13.8. The summed E-state index contributed by atoms with van der Waals surface area (Å²) in [5.41, 5.74) is 9.44. The van der Waals surface area contributed by atoms with Crippen LogP contribution in [0.2, 0.25) is 0 Å². The van der Waals surface area contributed by atoms with Gasteiger partial charge in [-0.15, -0.1) is 0 Å². The van der Waals surface area contributed by atoms with Gasteiger partial charge in [-0.2, -0.15) is 0 Å². The summed E-state index contributed by atoms with van der Waals surface area (Å²) < 4.78 is 30.0. The van der Waals surface area contributed by atoms with E-state index in [0.717, 1.165) is 34.8 Å². The monoisotopic (exact) mass is 951 g/mol. The summed E-state index contributed by atoms with van der Waals surface area (Å²) in [4.78, 5) is 93.4. The van der Waals surface area contributed by atoms with E-state index in [1.54, 1.807) is 50.5 Å². The van der Waals surface area contributed by atoms with Crippen LogP contribution < -0.4 is 32.6 Å². The van der Waals surface area contributed by atoms with Gasteiger partial charge in [0, 0.05) is 53.7 Å². The molecule has 19 nitrogen and oxygen atoms in total. The van der Waals surface area contributed by atoms with Gasteiger partial charge in [-0.25, -0.2) is 28.2 Å². The Morgan fingerprint density at radius 2 is 1.69 bits per heavy atom. The fourth-order valence-electron chi connectivity index (χ4n) is 8.94. The van der Waals surface area contributed by atoms with Crippen LogP contribution in [0.15, 0.2) is 40.5 Å². The van der Waals surface area contributed by atoms with Gasteiger partial charge >= 0.3 is 5.97 Å². The van der Waals surface area contributed by atoms with Crippen LogP contribution in [0, 0.1) is 17.8 Å². The average molecular weight is 952 g/mol. The minimum absolute atomic E-state index is 0.0351. The number of anilines is 1. The van der Waals surface area contributed by atoms with Crippen LogP contribution in [0.25, 0.3) is 22.3 Å². The van der Waals surface area contributed by atoms with Crippen LogP contribution in [0.5, 0.6) is 0 Å². The first-order valence-corrected chi connectivity index (χ1v) is 24.8. The molecule has 2 aliphatic heterocycles. The molecule has 0 spiro atoms. The van der Waals surface area contributed by atoms with Crippen LogP contribution in [0.4, 0.5) is 5.69 Å². The molecule has 0 saturated heterocycles. The summed E-state index contributed by atoms with van der Waals surface area (Å²) in [6.45, 7) is 7.15. The molecule has 68 heavy (non-hydrogen) atoms. The number of nitrogens with one attached hydrogen (secondary N) is 4. The molecule has 3 aromatic heterocycles. The number of ether oxygens (including phenoxy) is 1. The number of hydrogen-bond donors (Lipinski definition) is 6. The van der Waals surface area contributed by atoms with E-state index in [2.05, 4.69) is 43.1 Å². The third-order valence-electron chi connectivity index (χ3n) is 12.7. The topological polar surface area (TPSA) is 284 Å². The zero-order chi connectivity index (χ0) is 49.1. The summed E-state index contributed by atoms with van der Waals surface area (Å²) in [5, 5.41) is 23.2. The molecule has 3 aliphatic rings. The Kier molecular flexibility index (Phi) is 14.8. The molecule has 7 rings (SSSR count). The van der Waals surface area contributed by atoms with Crippen molar-refractivity contribution in [1.29, 1.82) is 0 Å². The second kappa shape index (κ2) is 20.3. The Morgan fingerprint density at radius 3 is 2.38 bits per heavy atom. The summed E-state index contributed by atoms with van der Waals surface area (Å²) in [5.74, 6) is 2.57. The molecule has 0 saturated carbocycles. The number of aliphatic hydroxyl groups is 1. The van der Waals surface area contributed by atoms with Crippen molar-refractivity contribution >= 4 is 56.0 Å². The number of nitrogens with two attached hydrogens (primary N) is 1. The lowest BCUT2D eigenvalue weighted by Crippen LogP contribution is -2.57. The Morgan fingerprint density at radius 1 is 0.956 bits per heavy atom. The number of carbonyl (C=O) groups excluding carboxylic acids is 5. The van der Waals surface area contributed by atoms with E-state index >= 15 is 0 Å². The molecule has 5 heterocycles. The number of fused-ring (bicyclic) bond motifs is 5. The van der Waals surface area contributed by atoms with Gasteiger partial charge in [0.1, 0.15) is 24.7 Å². The highest BCUT2D eigenvalue weighted by Crippen LogP contribution is 2.43. The number of esters is 1. The molecule has 1 aliphatic carbocycles. The fourth-order valence-corrected chi connectivity index (χ4v) is 9.42. The first-order chi connectivity index (χ1) is 32.4. The van der Waals surface area contributed by atoms with Crippen LogP contribution in [-0.2, 0) is 70.1 Å². The van der Waals surface area contributed by atoms with Gasteiger partial charge in [0.2, 0.25) is 38.6 Å². The van der Waals surface area contributed by atoms with E-state index in [9.17, 15) is 42.3 Å². The second-order valence-corrected chi connectivity index (χ2v) is 19.8. The highest BCUT2D eigenvalue weighted by molar-refractivity contribution is 7.90. The van der Waals surface area contributed by atoms with Gasteiger partial charge in [-0.3, -0.25) is 24.0 Å². The Balaban J connectivity index is 0.993. The predicted molar refractivity (Wildman–Crippen MR) is 250 cm³/mol. The molecule has 0 fully saturated rings. The van der Waals surface area contributed by atoms with E-state index in [-0.39, 0.29) is 66.1 Å². The van der Waals surface area contributed by atoms with Crippen molar-refractivity contribution in [3.8, 4) is 23.2 Å². The van der Waals surface area contributed by atoms with E-state index in [0.29, 0.717) is 73.2 Å². The number of cyclic esters (lactones) is 1. The number of aromatic nitrogens is 4. The number of carbonyl (C=O) groups is 5. The van der Waals surface area contributed by atoms with Gasteiger partial charge in [0.05, 0.1) is 34.6 Å². The molecule has 4 aromatic rings. The van der Waals surface area contributed by atoms with E-state index < -0.39 is 57.3 Å². The fraction of sp³-hybridized carbons (Fsp3) is 0.479. The normalized spacial score (nSPS) is 17.1. The quantitative estimate of drug-likeness (QED) is 0.0338. The van der Waals surface area contributed by atoms with Gasteiger partial charge in [0.25, 0.3) is 5.56 Å². The summed E-state index contributed by atoms with van der Waals surface area (Å²) in [6, 6.07) is 2.25. The van der Waals surface area contributed by atoms with Crippen molar-refractivity contribution in [2.75, 3.05) is 18.1 Å². The number of unbranched alkanes of at least 4 members (excludes halogenated alkanes) is 2. The third kappa shape index (κ3) is 10.1. The molecule has 0 radical (unpaired) electrons. The zero-order valence-corrected chi connectivity index (χ0v) is 39.6. The Bertz CT molecular complexity index is 2920. The Hall–Kier alpha value is -6.56. The summed E-state index contributed by atoms with van der Waals surface area (Å²) in [7, 11) is -3.54. The number of aryl methyl sites for hydroxylation is 2. The summed E-state index contributed by atoms with van der Waals surface area (Å²) >= 11 is 0. The number of amides is 4. The minimum atomic E-state index is -3.54. The van der Waals surface area contributed by atoms with Crippen molar-refractivity contribution in [2.45, 2.75) is 134 Å². The highest BCUT2D eigenvalue weighted by Gasteiger charge is 2.45. The number of hydrogen-bond acceptors (Lipinski definition) is 14. The van der Waals surface area contributed by atoms with Crippen molar-refractivity contribution in [3.05, 3.63) is 74.3 Å². The molecular weight excluding hydrogens is 895 g/mol. The summed E-state index contributed by atoms with van der Waals surface area (Å²) in [6.07, 6.45) is 8.01. The molecule has 7 N–H and O–H groups in total. The maximum Gasteiger partial charge on any atom is 0.343 e. The minimum Gasteiger partial charge on any atom is -0.458 e. The molecule has 4 amide bonds. The van der Waals surface area contributed by atoms with Crippen molar-refractivity contribution in [3.63, 3.8) is 0 Å². The largest absolute Gasteiger partial charge is 0.458 e. The van der Waals surface area contributed by atoms with Gasteiger partial charge in [0.15, 0.2) is 5.60 Å². The van der Waals surface area contributed by atoms with E-state index in [4.69, 9.17) is 15.5 Å². The lowest BCUT2D eigenvalue weighted by Gasteiger charge is -2.31. The van der Waals surface area contributed by atoms with Crippen LogP contribution >= 0.6 is 0 Å². The van der Waals surface area contributed by atoms with Crippen molar-refractivity contribution in [2.24, 2.45) is 11.7 Å². The van der Waals surface area contributed by atoms with E-state index in [1.807, 2.05) is 0 Å². The number of rotatable bonds is 17. The zero-order valence-electron chi connectivity index (χ0n) is 38.8. The molecule has 20 heteroatoms. The second-order valence-electron chi connectivity index (χ2n) is 17.9. The van der Waals surface area contributed by atoms with Crippen molar-refractivity contribution in [1.82, 2.24) is 35.5 Å². The van der Waals surface area contributed by atoms with Gasteiger partial charge < -0.3 is 41.4 Å². The van der Waals surface area contributed by atoms with Gasteiger partial charge in [-0.05, 0) is 100 Å². The molecular formula is C48H57N9O10S. The Labute approximate surface area is 393 Å². The number of sulfone groups is 1. The number of benzene rings is 1. The van der Waals surface area contributed by atoms with E-state index in [1.165, 1.54) is 12.4 Å². The first kappa shape index (κ1) is 49.3. The number of nitrogens with zero attached hydrogens (tertiary/aromatic N) is 4. The molecule has 0 bridgehead atoms. The van der Waals surface area contributed by atoms with Crippen LogP contribution in [0.1, 0.15) is 112 Å². The maximum atomic E-state index is 13.8. The molecule has 4 atom stereocenters. The first-order valence-electron chi connectivity index (χ1n) is 22.9. The number of pyridine rings is 2. The average Bonchev–Trinajstić information content (AvgIpc) is 3.68. The van der Waals surface area contributed by atoms with Crippen LogP contribution in [-0.4, -0.2) is 93.6 Å². The third-order valence-corrected chi connectivity index (χ3v) is 13.6. The molecule has 0 unspecified atom stereocenters. The smallest absolute Gasteiger partial charge is 0.343 e. The lowest BCUT2D eigenvalue weighted by molar-refractivity contribution is -0.172. The predicted octanol–water partition coefficient (Wildman–Crippen LogP) is 2.18.